The van der Waals surface area contributed by atoms with Crippen molar-refractivity contribution in [3.8, 4) is 0 Å². The minimum Gasteiger partial charge on any atom is -0.481 e. The number of hydrogen-bond acceptors (Lipinski definition) is 4. The van der Waals surface area contributed by atoms with Crippen LogP contribution in [0, 0.1) is 0 Å². The van der Waals surface area contributed by atoms with Gasteiger partial charge in [-0.15, -0.1) is 0 Å². The van der Waals surface area contributed by atoms with Crippen molar-refractivity contribution in [1.29, 1.82) is 0 Å². The first-order valence-electron chi connectivity index (χ1n) is 7.38. The van der Waals surface area contributed by atoms with Crippen molar-refractivity contribution in [3.05, 3.63) is 29.8 Å². The third-order valence-electron chi connectivity index (χ3n) is 3.08. The summed E-state index contributed by atoms with van der Waals surface area (Å²) in [4.78, 5) is 13.1. The zero-order valence-corrected chi connectivity index (χ0v) is 14.5. The van der Waals surface area contributed by atoms with E-state index in [-0.39, 0.29) is 6.42 Å². The van der Waals surface area contributed by atoms with Crippen LogP contribution < -0.4 is 4.90 Å². The zero-order chi connectivity index (χ0) is 15.5. The summed E-state index contributed by atoms with van der Waals surface area (Å²) >= 11 is 3.91. The van der Waals surface area contributed by atoms with Crippen LogP contribution in [0.25, 0.3) is 0 Å². The van der Waals surface area contributed by atoms with E-state index in [2.05, 4.69) is 18.7 Å². The molecule has 0 aliphatic rings. The molecule has 0 saturated heterocycles. The summed E-state index contributed by atoms with van der Waals surface area (Å²) in [6.45, 7) is 6.45. The molecule has 0 heterocycles. The minimum absolute atomic E-state index is 0.0949. The molecule has 0 aliphatic heterocycles. The van der Waals surface area contributed by atoms with Gasteiger partial charge in [0.15, 0.2) is 0 Å². The quantitative estimate of drug-likeness (QED) is 0.629. The van der Waals surface area contributed by atoms with Gasteiger partial charge < -0.3 is 10.0 Å². The number of aliphatic carboxylic acids is 1. The van der Waals surface area contributed by atoms with Crippen LogP contribution in [0.3, 0.4) is 0 Å². The second-order valence-corrected chi connectivity index (χ2v) is 7.41. The van der Waals surface area contributed by atoms with Crippen LogP contribution in [0.1, 0.15) is 19.4 Å². The van der Waals surface area contributed by atoms with Crippen molar-refractivity contribution in [3.63, 3.8) is 0 Å². The third kappa shape index (κ3) is 7.67. The van der Waals surface area contributed by atoms with E-state index in [0.29, 0.717) is 0 Å². The monoisotopic (exact) mass is 327 g/mol. The standard InChI is InChI=1S/C16H25NO2S2/c1-3-20-11-9-17(10-12-21-4-2)15-7-5-14(6-8-15)13-16(18)19/h5-8H,3-4,9-13H2,1-2H3,(H,18,19). The molecule has 0 spiro atoms. The van der Waals surface area contributed by atoms with E-state index in [0.717, 1.165) is 41.7 Å². The van der Waals surface area contributed by atoms with Crippen LogP contribution in [-0.2, 0) is 11.2 Å². The number of rotatable bonds is 11. The Hall–Kier alpha value is -0.810. The van der Waals surface area contributed by atoms with Crippen molar-refractivity contribution >= 4 is 35.2 Å². The number of thioether (sulfide) groups is 2. The average molecular weight is 328 g/mol. The number of anilines is 1. The highest BCUT2D eigenvalue weighted by Crippen LogP contribution is 2.17. The maximum atomic E-state index is 10.7. The van der Waals surface area contributed by atoms with E-state index >= 15 is 0 Å². The highest BCUT2D eigenvalue weighted by atomic mass is 32.2. The molecule has 1 aromatic carbocycles. The number of carboxylic acids is 1. The fraction of sp³-hybridized carbons (Fsp3) is 0.562. The first kappa shape index (κ1) is 18.2. The molecular weight excluding hydrogens is 302 g/mol. The van der Waals surface area contributed by atoms with E-state index in [1.54, 1.807) is 0 Å². The van der Waals surface area contributed by atoms with Crippen LogP contribution in [0.5, 0.6) is 0 Å². The molecular formula is C16H25NO2S2. The van der Waals surface area contributed by atoms with Gasteiger partial charge in [-0.1, -0.05) is 26.0 Å². The zero-order valence-electron chi connectivity index (χ0n) is 12.9. The lowest BCUT2D eigenvalue weighted by Gasteiger charge is -2.24. The molecule has 0 saturated carbocycles. The second-order valence-electron chi connectivity index (χ2n) is 4.62. The molecule has 0 radical (unpaired) electrons. The van der Waals surface area contributed by atoms with Gasteiger partial charge in [0.1, 0.15) is 0 Å². The first-order valence-corrected chi connectivity index (χ1v) is 9.69. The smallest absolute Gasteiger partial charge is 0.307 e. The van der Waals surface area contributed by atoms with Crippen LogP contribution in [0.2, 0.25) is 0 Å². The van der Waals surface area contributed by atoms with Crippen molar-refractivity contribution in [2.75, 3.05) is 41.0 Å². The number of carboxylic acid groups (broad SMARTS) is 1. The molecule has 0 amide bonds. The molecule has 0 aromatic heterocycles. The predicted octanol–water partition coefficient (Wildman–Crippen LogP) is 3.63. The minimum atomic E-state index is -0.779. The Morgan fingerprint density at radius 2 is 1.57 bits per heavy atom. The van der Waals surface area contributed by atoms with E-state index in [9.17, 15) is 4.79 Å². The third-order valence-corrected chi connectivity index (χ3v) is 4.84. The molecule has 0 unspecified atom stereocenters. The maximum absolute atomic E-state index is 10.7. The highest BCUT2D eigenvalue weighted by Gasteiger charge is 2.07. The summed E-state index contributed by atoms with van der Waals surface area (Å²) in [7, 11) is 0. The van der Waals surface area contributed by atoms with Crippen LogP contribution >= 0.6 is 23.5 Å². The van der Waals surface area contributed by atoms with Gasteiger partial charge in [0.2, 0.25) is 0 Å². The number of carbonyl (C=O) groups is 1. The Bertz CT molecular complexity index is 399. The van der Waals surface area contributed by atoms with Crippen molar-refractivity contribution < 1.29 is 9.90 Å². The summed E-state index contributed by atoms with van der Waals surface area (Å²) < 4.78 is 0. The van der Waals surface area contributed by atoms with Gasteiger partial charge in [0.25, 0.3) is 0 Å². The second kappa shape index (κ2) is 10.9. The Morgan fingerprint density at radius 1 is 1.05 bits per heavy atom. The van der Waals surface area contributed by atoms with Gasteiger partial charge in [0.05, 0.1) is 6.42 Å². The number of nitrogens with zero attached hydrogens (tertiary/aromatic N) is 1. The predicted molar refractivity (Wildman–Crippen MR) is 96.0 cm³/mol. The van der Waals surface area contributed by atoms with Gasteiger partial charge in [-0.2, -0.15) is 23.5 Å². The molecule has 118 valence electrons. The average Bonchev–Trinajstić information content (AvgIpc) is 2.46. The van der Waals surface area contributed by atoms with Gasteiger partial charge in [0, 0.05) is 30.3 Å². The lowest BCUT2D eigenvalue weighted by atomic mass is 10.1. The lowest BCUT2D eigenvalue weighted by Crippen LogP contribution is -2.28. The van der Waals surface area contributed by atoms with Crippen LogP contribution in [-0.4, -0.2) is 47.2 Å². The lowest BCUT2D eigenvalue weighted by molar-refractivity contribution is -0.136. The largest absolute Gasteiger partial charge is 0.481 e. The summed E-state index contributed by atoms with van der Waals surface area (Å²) in [5.41, 5.74) is 2.05. The molecule has 0 fully saturated rings. The molecule has 1 N–H and O–H groups in total. The molecule has 0 bridgehead atoms. The Balaban J connectivity index is 2.64. The molecule has 5 heteroatoms. The Labute approximate surface area is 136 Å². The van der Waals surface area contributed by atoms with Gasteiger partial charge in [-0.05, 0) is 29.2 Å². The van der Waals surface area contributed by atoms with E-state index in [4.69, 9.17) is 5.11 Å². The number of benzene rings is 1. The van der Waals surface area contributed by atoms with Crippen molar-refractivity contribution in [2.24, 2.45) is 0 Å². The van der Waals surface area contributed by atoms with E-state index < -0.39 is 5.97 Å². The summed E-state index contributed by atoms with van der Waals surface area (Å²) in [6.07, 6.45) is 0.0949. The maximum Gasteiger partial charge on any atom is 0.307 e. The molecule has 1 aromatic rings. The Morgan fingerprint density at radius 3 is 2.00 bits per heavy atom. The Kier molecular flexibility index (Phi) is 9.42. The van der Waals surface area contributed by atoms with Crippen molar-refractivity contribution in [1.82, 2.24) is 0 Å². The first-order chi connectivity index (χ1) is 10.2. The number of hydrogen-bond donors (Lipinski definition) is 1. The van der Waals surface area contributed by atoms with E-state index in [1.165, 1.54) is 5.69 Å². The molecule has 21 heavy (non-hydrogen) atoms. The highest BCUT2D eigenvalue weighted by molar-refractivity contribution is 7.99. The van der Waals surface area contributed by atoms with Gasteiger partial charge in [-0.3, -0.25) is 4.79 Å². The fourth-order valence-corrected chi connectivity index (χ4v) is 3.28. The van der Waals surface area contributed by atoms with Crippen LogP contribution in [0.15, 0.2) is 24.3 Å². The van der Waals surface area contributed by atoms with Gasteiger partial charge in [-0.25, -0.2) is 0 Å². The normalized spacial score (nSPS) is 10.6. The summed E-state index contributed by atoms with van der Waals surface area (Å²) in [5, 5.41) is 8.82. The molecule has 3 nitrogen and oxygen atoms in total. The van der Waals surface area contributed by atoms with Crippen LogP contribution in [0.4, 0.5) is 5.69 Å². The summed E-state index contributed by atoms with van der Waals surface area (Å²) in [5.74, 6) is 3.77. The molecule has 0 atom stereocenters. The summed E-state index contributed by atoms with van der Waals surface area (Å²) in [6, 6.07) is 7.95. The topological polar surface area (TPSA) is 40.5 Å². The molecule has 0 aliphatic carbocycles. The fourth-order valence-electron chi connectivity index (χ4n) is 2.01. The van der Waals surface area contributed by atoms with E-state index in [1.807, 2.05) is 47.8 Å². The van der Waals surface area contributed by atoms with Gasteiger partial charge >= 0.3 is 5.97 Å². The molecule has 1 rings (SSSR count). The van der Waals surface area contributed by atoms with Crippen molar-refractivity contribution in [2.45, 2.75) is 20.3 Å². The SMILES string of the molecule is CCSCCN(CCSCC)c1ccc(CC(=O)O)cc1.